The summed E-state index contributed by atoms with van der Waals surface area (Å²) in [5, 5.41) is 4.38. The number of nitrogens with zero attached hydrogens (tertiary/aromatic N) is 3. The van der Waals surface area contributed by atoms with Crippen LogP contribution in [0.1, 0.15) is 11.3 Å². The summed E-state index contributed by atoms with van der Waals surface area (Å²) in [5.41, 5.74) is 2.31. The molecular weight excluding hydrogens is 202 g/mol. The highest BCUT2D eigenvalue weighted by Gasteiger charge is 2.11. The molecule has 0 atom stereocenters. The number of hydrogen-bond donors (Lipinski definition) is 0. The van der Waals surface area contributed by atoms with E-state index in [4.69, 9.17) is 4.74 Å². The van der Waals surface area contributed by atoms with Gasteiger partial charge in [0.25, 0.3) is 0 Å². The van der Waals surface area contributed by atoms with Crippen LogP contribution in [0.3, 0.4) is 0 Å². The SMILES string of the molecule is COCc1c[n+](Cc2ccccc2)nn1C. The van der Waals surface area contributed by atoms with Crippen LogP contribution in [0.5, 0.6) is 0 Å². The average molecular weight is 218 g/mol. The van der Waals surface area contributed by atoms with Crippen LogP contribution in [-0.2, 0) is 24.9 Å². The molecule has 0 saturated heterocycles. The van der Waals surface area contributed by atoms with Gasteiger partial charge in [-0.1, -0.05) is 30.3 Å². The van der Waals surface area contributed by atoms with Crippen molar-refractivity contribution in [3.05, 3.63) is 47.8 Å². The van der Waals surface area contributed by atoms with Gasteiger partial charge in [0.2, 0.25) is 0 Å². The van der Waals surface area contributed by atoms with Crippen LogP contribution in [0.25, 0.3) is 0 Å². The van der Waals surface area contributed by atoms with Gasteiger partial charge in [0.1, 0.15) is 20.2 Å². The van der Waals surface area contributed by atoms with E-state index in [9.17, 15) is 0 Å². The van der Waals surface area contributed by atoms with Crippen molar-refractivity contribution in [1.82, 2.24) is 9.90 Å². The van der Waals surface area contributed by atoms with Gasteiger partial charge < -0.3 is 4.74 Å². The number of methoxy groups -OCH3 is 1. The molecule has 16 heavy (non-hydrogen) atoms. The summed E-state index contributed by atoms with van der Waals surface area (Å²) in [6.07, 6.45) is 2.01. The Morgan fingerprint density at radius 1 is 1.31 bits per heavy atom. The van der Waals surface area contributed by atoms with Gasteiger partial charge >= 0.3 is 0 Å². The van der Waals surface area contributed by atoms with E-state index in [-0.39, 0.29) is 0 Å². The van der Waals surface area contributed by atoms with E-state index in [2.05, 4.69) is 17.3 Å². The van der Waals surface area contributed by atoms with Crippen molar-refractivity contribution in [2.24, 2.45) is 7.05 Å². The molecule has 0 unspecified atom stereocenters. The minimum atomic E-state index is 0.589. The largest absolute Gasteiger partial charge is 0.376 e. The molecule has 0 spiro atoms. The Kier molecular flexibility index (Phi) is 3.31. The van der Waals surface area contributed by atoms with Crippen LogP contribution in [0.4, 0.5) is 0 Å². The first kappa shape index (κ1) is 10.8. The third kappa shape index (κ3) is 2.46. The first-order valence-electron chi connectivity index (χ1n) is 5.25. The molecule has 0 N–H and O–H groups in total. The quantitative estimate of drug-likeness (QED) is 0.714. The standard InChI is InChI=1S/C12H16N3O/c1-14-12(10-16-2)9-15(13-14)8-11-6-4-3-5-7-11/h3-7,9H,8,10H2,1-2H3/q+1. The van der Waals surface area contributed by atoms with E-state index < -0.39 is 0 Å². The molecule has 2 aromatic rings. The normalized spacial score (nSPS) is 10.6. The predicted octanol–water partition coefficient (Wildman–Crippen LogP) is 0.902. The molecule has 84 valence electrons. The lowest BCUT2D eigenvalue weighted by Crippen LogP contribution is -2.36. The van der Waals surface area contributed by atoms with Crippen molar-refractivity contribution in [2.75, 3.05) is 7.11 Å². The molecule has 1 aromatic heterocycles. The van der Waals surface area contributed by atoms with Crippen molar-refractivity contribution < 1.29 is 9.42 Å². The zero-order valence-corrected chi connectivity index (χ0v) is 9.63. The molecule has 1 aromatic carbocycles. The van der Waals surface area contributed by atoms with Crippen LogP contribution in [-0.4, -0.2) is 17.0 Å². The summed E-state index contributed by atoms with van der Waals surface area (Å²) in [7, 11) is 3.62. The van der Waals surface area contributed by atoms with Gasteiger partial charge in [0, 0.05) is 7.11 Å². The van der Waals surface area contributed by atoms with E-state index in [0.29, 0.717) is 6.61 Å². The number of rotatable bonds is 4. The van der Waals surface area contributed by atoms with Gasteiger partial charge in [-0.05, 0) is 5.56 Å². The zero-order chi connectivity index (χ0) is 11.4. The van der Waals surface area contributed by atoms with Crippen LogP contribution >= 0.6 is 0 Å². The number of hydrogen-bond acceptors (Lipinski definition) is 2. The summed E-state index contributed by atoms with van der Waals surface area (Å²) >= 11 is 0. The van der Waals surface area contributed by atoms with Gasteiger partial charge in [-0.3, -0.25) is 0 Å². The average Bonchev–Trinajstić information content (AvgIpc) is 2.61. The lowest BCUT2D eigenvalue weighted by Gasteiger charge is -1.93. The molecular formula is C12H16N3O+. The predicted molar refractivity (Wildman–Crippen MR) is 59.7 cm³/mol. The zero-order valence-electron chi connectivity index (χ0n) is 9.63. The van der Waals surface area contributed by atoms with E-state index in [0.717, 1.165) is 12.2 Å². The third-order valence-corrected chi connectivity index (χ3v) is 2.44. The van der Waals surface area contributed by atoms with Crippen LogP contribution in [0.2, 0.25) is 0 Å². The highest BCUT2D eigenvalue weighted by atomic mass is 16.5. The van der Waals surface area contributed by atoms with Crippen molar-refractivity contribution in [1.29, 1.82) is 0 Å². The monoisotopic (exact) mass is 218 g/mol. The van der Waals surface area contributed by atoms with Gasteiger partial charge in [0.05, 0.1) is 5.21 Å². The van der Waals surface area contributed by atoms with Gasteiger partial charge in [0.15, 0.2) is 11.9 Å². The van der Waals surface area contributed by atoms with E-state index in [1.54, 1.807) is 7.11 Å². The first-order chi connectivity index (χ1) is 7.79. The summed E-state index contributed by atoms with van der Waals surface area (Å²) in [6.45, 7) is 1.38. The van der Waals surface area contributed by atoms with Crippen LogP contribution in [0, 0.1) is 0 Å². The van der Waals surface area contributed by atoms with Crippen LogP contribution < -0.4 is 4.68 Å². The molecule has 0 radical (unpaired) electrons. The Balaban J connectivity index is 2.13. The molecule has 2 rings (SSSR count). The third-order valence-electron chi connectivity index (χ3n) is 2.44. The van der Waals surface area contributed by atoms with Crippen molar-refractivity contribution in [3.8, 4) is 0 Å². The molecule has 4 heteroatoms. The Hall–Kier alpha value is -1.68. The fourth-order valence-corrected chi connectivity index (χ4v) is 1.64. The fourth-order valence-electron chi connectivity index (χ4n) is 1.64. The molecule has 0 aliphatic rings. The highest BCUT2D eigenvalue weighted by molar-refractivity contribution is 5.13. The molecule has 0 fully saturated rings. The molecule has 4 nitrogen and oxygen atoms in total. The van der Waals surface area contributed by atoms with Crippen molar-refractivity contribution >= 4 is 0 Å². The number of ether oxygens (including phenoxy) is 1. The smallest absolute Gasteiger partial charge is 0.192 e. The molecule has 0 bridgehead atoms. The van der Waals surface area contributed by atoms with Gasteiger partial charge in [-0.25, -0.2) is 0 Å². The number of benzene rings is 1. The summed E-state index contributed by atoms with van der Waals surface area (Å²) in [6, 6.07) is 10.3. The van der Waals surface area contributed by atoms with Gasteiger partial charge in [-0.15, -0.1) is 9.36 Å². The maximum Gasteiger partial charge on any atom is 0.192 e. The second-order valence-corrected chi connectivity index (χ2v) is 3.75. The second-order valence-electron chi connectivity index (χ2n) is 3.75. The maximum absolute atomic E-state index is 5.10. The minimum absolute atomic E-state index is 0.589. The number of aromatic nitrogens is 3. The Morgan fingerprint density at radius 2 is 2.06 bits per heavy atom. The summed E-state index contributed by atoms with van der Waals surface area (Å²) in [5.74, 6) is 0. The maximum atomic E-state index is 5.10. The summed E-state index contributed by atoms with van der Waals surface area (Å²) < 4.78 is 8.86. The van der Waals surface area contributed by atoms with E-state index in [1.165, 1.54) is 5.56 Å². The number of aryl methyl sites for hydroxylation is 1. The second kappa shape index (κ2) is 4.90. The minimum Gasteiger partial charge on any atom is -0.376 e. The van der Waals surface area contributed by atoms with E-state index in [1.807, 2.05) is 40.8 Å². The van der Waals surface area contributed by atoms with Crippen LogP contribution in [0.15, 0.2) is 36.5 Å². The summed E-state index contributed by atoms with van der Waals surface area (Å²) in [4.78, 5) is 0. The molecule has 0 amide bonds. The van der Waals surface area contributed by atoms with Gasteiger partial charge in [-0.2, -0.15) is 0 Å². The Bertz CT molecular complexity index is 451. The lowest BCUT2D eigenvalue weighted by molar-refractivity contribution is -0.747. The first-order valence-corrected chi connectivity index (χ1v) is 5.25. The topological polar surface area (TPSA) is 30.9 Å². The Morgan fingerprint density at radius 3 is 2.75 bits per heavy atom. The molecule has 1 heterocycles. The molecule has 0 aliphatic heterocycles. The molecule has 0 saturated carbocycles. The van der Waals surface area contributed by atoms with Crippen molar-refractivity contribution in [3.63, 3.8) is 0 Å². The molecule has 0 aliphatic carbocycles. The Labute approximate surface area is 95.1 Å². The fraction of sp³-hybridized carbons (Fsp3) is 0.333. The lowest BCUT2D eigenvalue weighted by atomic mass is 10.2. The highest BCUT2D eigenvalue weighted by Crippen LogP contribution is 1.99. The van der Waals surface area contributed by atoms with Crippen molar-refractivity contribution in [2.45, 2.75) is 13.2 Å². The van der Waals surface area contributed by atoms with E-state index >= 15 is 0 Å².